The van der Waals surface area contributed by atoms with E-state index in [4.69, 9.17) is 5.73 Å². The lowest BCUT2D eigenvalue weighted by molar-refractivity contribution is -0.126. The van der Waals surface area contributed by atoms with Gasteiger partial charge in [-0.1, -0.05) is 20.8 Å². The molecular weight excluding hydrogens is 192 g/mol. The van der Waals surface area contributed by atoms with Crippen LogP contribution >= 0.6 is 0 Å². The van der Waals surface area contributed by atoms with Crippen LogP contribution in [0.3, 0.4) is 0 Å². The summed E-state index contributed by atoms with van der Waals surface area (Å²) < 4.78 is 0. The highest BCUT2D eigenvalue weighted by atomic mass is 16.3. The van der Waals surface area contributed by atoms with Gasteiger partial charge in [0.15, 0.2) is 0 Å². The molecule has 0 spiro atoms. The van der Waals surface area contributed by atoms with E-state index in [0.29, 0.717) is 0 Å². The first-order valence-electron chi connectivity index (χ1n) is 5.52. The Morgan fingerprint density at radius 2 is 2.07 bits per heavy atom. The van der Waals surface area contributed by atoms with Crippen LogP contribution in [0.25, 0.3) is 0 Å². The molecule has 0 aromatic rings. The van der Waals surface area contributed by atoms with Gasteiger partial charge in [0, 0.05) is 0 Å². The molecule has 1 rings (SSSR count). The predicted octanol–water partition coefficient (Wildman–Crippen LogP) is 0.714. The van der Waals surface area contributed by atoms with E-state index in [1.165, 1.54) is 0 Å². The van der Waals surface area contributed by atoms with Crippen molar-refractivity contribution < 1.29 is 9.90 Å². The first-order chi connectivity index (χ1) is 6.82. The average molecular weight is 213 g/mol. The standard InChI is InChI=1S/C11H21N2O2/c1-11(2,3)9(12)10(15)13-7-5-4-6-8(7)14/h7-9,12,14H,4-6H2,1-3H3,(H,13,15). The van der Waals surface area contributed by atoms with Crippen LogP contribution in [0.1, 0.15) is 40.0 Å². The number of hydrogen-bond donors (Lipinski definition) is 2. The molecule has 0 heterocycles. The Morgan fingerprint density at radius 3 is 2.47 bits per heavy atom. The maximum Gasteiger partial charge on any atom is 0.239 e. The van der Waals surface area contributed by atoms with Crippen LogP contribution in [0.2, 0.25) is 0 Å². The van der Waals surface area contributed by atoms with Gasteiger partial charge in [-0.25, -0.2) is 5.73 Å². The molecule has 3 unspecified atom stereocenters. The molecule has 4 heteroatoms. The summed E-state index contributed by atoms with van der Waals surface area (Å²) in [5, 5.41) is 12.3. The van der Waals surface area contributed by atoms with Gasteiger partial charge in [0.05, 0.1) is 12.1 Å². The van der Waals surface area contributed by atoms with Crippen LogP contribution in [0.4, 0.5) is 0 Å². The maximum atomic E-state index is 11.7. The van der Waals surface area contributed by atoms with E-state index in [1.54, 1.807) is 0 Å². The quantitative estimate of drug-likeness (QED) is 0.709. The second-order valence-corrected chi connectivity index (χ2v) is 5.41. The van der Waals surface area contributed by atoms with Crippen molar-refractivity contribution in [2.45, 2.75) is 58.2 Å². The van der Waals surface area contributed by atoms with Gasteiger partial charge in [-0.3, -0.25) is 4.79 Å². The topological polar surface area (TPSA) is 73.1 Å². The Bertz CT molecular complexity index is 235. The molecule has 1 fully saturated rings. The van der Waals surface area contributed by atoms with Crippen LogP contribution in [0, 0.1) is 5.41 Å². The minimum atomic E-state index is -0.773. The van der Waals surface area contributed by atoms with Gasteiger partial charge >= 0.3 is 0 Å². The monoisotopic (exact) mass is 213 g/mol. The van der Waals surface area contributed by atoms with Gasteiger partial charge in [0.25, 0.3) is 0 Å². The molecule has 1 aliphatic carbocycles. The van der Waals surface area contributed by atoms with Crippen molar-refractivity contribution in [3.63, 3.8) is 0 Å². The molecule has 0 bridgehead atoms. The van der Waals surface area contributed by atoms with Crippen molar-refractivity contribution >= 4 is 5.91 Å². The highest BCUT2D eigenvalue weighted by Crippen LogP contribution is 2.21. The largest absolute Gasteiger partial charge is 0.391 e. The third-order valence-electron chi connectivity index (χ3n) is 2.94. The summed E-state index contributed by atoms with van der Waals surface area (Å²) in [6.45, 7) is 5.61. The second-order valence-electron chi connectivity index (χ2n) is 5.41. The highest BCUT2D eigenvalue weighted by Gasteiger charge is 2.32. The fraction of sp³-hybridized carbons (Fsp3) is 0.909. The van der Waals surface area contributed by atoms with Crippen LogP contribution < -0.4 is 11.1 Å². The normalized spacial score (nSPS) is 28.9. The van der Waals surface area contributed by atoms with Crippen molar-refractivity contribution in [2.75, 3.05) is 0 Å². The van der Waals surface area contributed by atoms with E-state index in [9.17, 15) is 9.90 Å². The smallest absolute Gasteiger partial charge is 0.239 e. The van der Waals surface area contributed by atoms with Crippen LogP contribution in [0.15, 0.2) is 0 Å². The number of aliphatic hydroxyl groups is 1. The number of rotatable bonds is 2. The first-order valence-corrected chi connectivity index (χ1v) is 5.52. The third kappa shape index (κ3) is 3.18. The van der Waals surface area contributed by atoms with Crippen molar-refractivity contribution in [3.8, 4) is 0 Å². The summed E-state index contributed by atoms with van der Waals surface area (Å²) in [6.07, 6.45) is 2.10. The lowest BCUT2D eigenvalue weighted by Gasteiger charge is -2.27. The summed E-state index contributed by atoms with van der Waals surface area (Å²) in [7, 11) is 0. The average Bonchev–Trinajstić information content (AvgIpc) is 2.49. The van der Waals surface area contributed by atoms with Gasteiger partial charge in [-0.2, -0.15) is 0 Å². The number of carbonyl (C=O) groups is 1. The zero-order chi connectivity index (χ0) is 11.6. The molecule has 15 heavy (non-hydrogen) atoms. The molecule has 1 amide bonds. The van der Waals surface area contributed by atoms with Crippen LogP contribution in [-0.4, -0.2) is 29.2 Å². The fourth-order valence-electron chi connectivity index (χ4n) is 1.77. The Balaban J connectivity index is 2.48. The predicted molar refractivity (Wildman–Crippen MR) is 58.1 cm³/mol. The molecule has 87 valence electrons. The third-order valence-corrected chi connectivity index (χ3v) is 2.94. The Hall–Kier alpha value is -0.610. The van der Waals surface area contributed by atoms with E-state index < -0.39 is 12.1 Å². The summed E-state index contributed by atoms with van der Waals surface area (Å²) in [4.78, 5) is 11.7. The molecule has 0 aromatic heterocycles. The first kappa shape index (κ1) is 12.5. The van der Waals surface area contributed by atoms with E-state index in [-0.39, 0.29) is 17.4 Å². The van der Waals surface area contributed by atoms with Crippen LogP contribution in [0.5, 0.6) is 0 Å². The lowest BCUT2D eigenvalue weighted by Crippen LogP contribution is -2.49. The number of nitrogens with one attached hydrogen (secondary N) is 2. The molecule has 1 radical (unpaired) electrons. The summed E-state index contributed by atoms with van der Waals surface area (Å²) in [5.74, 6) is -0.270. The Labute approximate surface area is 91.2 Å². The maximum absolute atomic E-state index is 11.7. The van der Waals surface area contributed by atoms with E-state index in [0.717, 1.165) is 19.3 Å². The number of hydrogen-bond acceptors (Lipinski definition) is 2. The van der Waals surface area contributed by atoms with Gasteiger partial charge in [-0.05, 0) is 24.7 Å². The molecule has 4 nitrogen and oxygen atoms in total. The second kappa shape index (κ2) is 4.49. The molecular formula is C11H21N2O2. The lowest BCUT2D eigenvalue weighted by atomic mass is 9.87. The van der Waals surface area contributed by atoms with E-state index >= 15 is 0 Å². The molecule has 1 aliphatic rings. The Morgan fingerprint density at radius 1 is 1.47 bits per heavy atom. The summed E-state index contributed by atoms with van der Waals surface area (Å²) in [6, 6.07) is -0.919. The minimum Gasteiger partial charge on any atom is -0.391 e. The van der Waals surface area contributed by atoms with Gasteiger partial charge in [0.1, 0.15) is 6.04 Å². The van der Waals surface area contributed by atoms with Gasteiger partial charge in [-0.15, -0.1) is 0 Å². The zero-order valence-electron chi connectivity index (χ0n) is 9.71. The molecule has 3 N–H and O–H groups in total. The molecule has 0 saturated heterocycles. The molecule has 1 saturated carbocycles. The van der Waals surface area contributed by atoms with Crippen molar-refractivity contribution in [1.29, 1.82) is 0 Å². The molecule has 3 atom stereocenters. The van der Waals surface area contributed by atoms with Gasteiger partial charge in [0.2, 0.25) is 5.91 Å². The van der Waals surface area contributed by atoms with E-state index in [1.807, 2.05) is 20.8 Å². The van der Waals surface area contributed by atoms with Gasteiger partial charge < -0.3 is 10.4 Å². The Kier molecular flexibility index (Phi) is 3.73. The highest BCUT2D eigenvalue weighted by molar-refractivity contribution is 5.82. The summed E-state index contributed by atoms with van der Waals surface area (Å²) in [5.41, 5.74) is 7.41. The van der Waals surface area contributed by atoms with Crippen molar-refractivity contribution in [2.24, 2.45) is 5.41 Å². The summed E-state index contributed by atoms with van der Waals surface area (Å²) >= 11 is 0. The van der Waals surface area contributed by atoms with Crippen molar-refractivity contribution in [1.82, 2.24) is 11.1 Å². The SMILES string of the molecule is CC(C)(C)C([NH])C(=O)NC1CCCC1O. The molecule has 0 aromatic carbocycles. The van der Waals surface area contributed by atoms with Crippen LogP contribution in [-0.2, 0) is 4.79 Å². The fourth-order valence-corrected chi connectivity index (χ4v) is 1.77. The van der Waals surface area contributed by atoms with Crippen molar-refractivity contribution in [3.05, 3.63) is 0 Å². The number of aliphatic hydroxyl groups excluding tert-OH is 1. The number of carbonyl (C=O) groups excluding carboxylic acids is 1. The molecule has 0 aliphatic heterocycles. The zero-order valence-corrected chi connectivity index (χ0v) is 9.71. The minimum absolute atomic E-state index is 0.146. The van der Waals surface area contributed by atoms with E-state index in [2.05, 4.69) is 5.32 Å². The number of amides is 1.